The van der Waals surface area contributed by atoms with E-state index in [0.29, 0.717) is 6.04 Å². The van der Waals surface area contributed by atoms with Gasteiger partial charge in [-0.15, -0.1) is 0 Å². The molecule has 1 unspecified atom stereocenters. The third-order valence-corrected chi connectivity index (χ3v) is 3.14. The minimum Gasteiger partial charge on any atom is -0.316 e. The van der Waals surface area contributed by atoms with Crippen molar-refractivity contribution in [2.24, 2.45) is 5.92 Å². The van der Waals surface area contributed by atoms with E-state index in [2.05, 4.69) is 35.0 Å². The number of piperidine rings is 1. The van der Waals surface area contributed by atoms with E-state index < -0.39 is 0 Å². The minimum atomic E-state index is 0.478. The SMILES string of the molecule is CC(C)n1nccc1CC1CCCNC1. The van der Waals surface area contributed by atoms with Crippen LogP contribution in [-0.4, -0.2) is 22.9 Å². The van der Waals surface area contributed by atoms with Crippen LogP contribution in [0.3, 0.4) is 0 Å². The molecule has 0 bridgehead atoms. The molecule has 1 aliphatic heterocycles. The second kappa shape index (κ2) is 4.79. The predicted octanol–water partition coefficient (Wildman–Crippen LogP) is 2.01. The molecule has 84 valence electrons. The summed E-state index contributed by atoms with van der Waals surface area (Å²) in [5.41, 5.74) is 1.39. The standard InChI is InChI=1S/C12H21N3/c1-10(2)15-12(5-7-14-15)8-11-4-3-6-13-9-11/h5,7,10-11,13H,3-4,6,8-9H2,1-2H3. The number of rotatable bonds is 3. The third kappa shape index (κ3) is 2.59. The Morgan fingerprint density at radius 3 is 3.13 bits per heavy atom. The molecule has 0 radical (unpaired) electrons. The van der Waals surface area contributed by atoms with Crippen LogP contribution in [0, 0.1) is 5.92 Å². The van der Waals surface area contributed by atoms with Crippen LogP contribution in [0.25, 0.3) is 0 Å². The zero-order chi connectivity index (χ0) is 10.7. The maximum Gasteiger partial charge on any atom is 0.0492 e. The van der Waals surface area contributed by atoms with E-state index in [-0.39, 0.29) is 0 Å². The maximum atomic E-state index is 4.38. The summed E-state index contributed by atoms with van der Waals surface area (Å²) < 4.78 is 2.15. The monoisotopic (exact) mass is 207 g/mol. The summed E-state index contributed by atoms with van der Waals surface area (Å²) in [6.45, 7) is 6.74. The average Bonchev–Trinajstić information content (AvgIpc) is 2.67. The van der Waals surface area contributed by atoms with Gasteiger partial charge in [-0.1, -0.05) is 0 Å². The van der Waals surface area contributed by atoms with E-state index in [4.69, 9.17) is 0 Å². The summed E-state index contributed by atoms with van der Waals surface area (Å²) >= 11 is 0. The lowest BCUT2D eigenvalue weighted by molar-refractivity contribution is 0.363. The van der Waals surface area contributed by atoms with Crippen molar-refractivity contribution in [3.8, 4) is 0 Å². The van der Waals surface area contributed by atoms with Gasteiger partial charge in [0.05, 0.1) is 0 Å². The van der Waals surface area contributed by atoms with Crippen LogP contribution in [0.1, 0.15) is 38.4 Å². The fourth-order valence-corrected chi connectivity index (χ4v) is 2.36. The van der Waals surface area contributed by atoms with Crippen molar-refractivity contribution in [2.45, 2.75) is 39.2 Å². The van der Waals surface area contributed by atoms with Crippen molar-refractivity contribution in [1.29, 1.82) is 0 Å². The first-order valence-electron chi connectivity index (χ1n) is 6.00. The van der Waals surface area contributed by atoms with Crippen LogP contribution in [0.2, 0.25) is 0 Å². The first-order valence-corrected chi connectivity index (χ1v) is 6.00. The van der Waals surface area contributed by atoms with Crippen LogP contribution < -0.4 is 5.32 Å². The normalized spacial score (nSPS) is 22.2. The fraction of sp³-hybridized carbons (Fsp3) is 0.750. The van der Waals surface area contributed by atoms with Gasteiger partial charge in [0, 0.05) is 17.9 Å². The van der Waals surface area contributed by atoms with Crippen molar-refractivity contribution in [3.63, 3.8) is 0 Å². The highest BCUT2D eigenvalue weighted by Crippen LogP contribution is 2.18. The lowest BCUT2D eigenvalue weighted by Gasteiger charge is -2.23. The molecule has 3 nitrogen and oxygen atoms in total. The molecule has 0 spiro atoms. The highest BCUT2D eigenvalue weighted by atomic mass is 15.3. The molecule has 1 saturated heterocycles. The Morgan fingerprint density at radius 2 is 2.47 bits per heavy atom. The van der Waals surface area contributed by atoms with Gasteiger partial charge in [0.1, 0.15) is 0 Å². The Morgan fingerprint density at radius 1 is 1.60 bits per heavy atom. The van der Waals surface area contributed by atoms with Gasteiger partial charge >= 0.3 is 0 Å². The van der Waals surface area contributed by atoms with Crippen LogP contribution in [-0.2, 0) is 6.42 Å². The van der Waals surface area contributed by atoms with Crippen molar-refractivity contribution < 1.29 is 0 Å². The predicted molar refractivity (Wildman–Crippen MR) is 61.9 cm³/mol. The largest absolute Gasteiger partial charge is 0.316 e. The van der Waals surface area contributed by atoms with Crippen LogP contribution in [0.4, 0.5) is 0 Å². The molecule has 1 atom stereocenters. The lowest BCUT2D eigenvalue weighted by Crippen LogP contribution is -2.31. The van der Waals surface area contributed by atoms with Gasteiger partial charge in [-0.2, -0.15) is 5.10 Å². The first-order chi connectivity index (χ1) is 7.27. The molecule has 1 aliphatic rings. The number of aromatic nitrogens is 2. The molecule has 0 aliphatic carbocycles. The summed E-state index contributed by atoms with van der Waals surface area (Å²) in [4.78, 5) is 0. The van der Waals surface area contributed by atoms with Gasteiger partial charge in [0.25, 0.3) is 0 Å². The van der Waals surface area contributed by atoms with Crippen LogP contribution in [0.15, 0.2) is 12.3 Å². The Bertz CT molecular complexity index is 298. The molecule has 2 heterocycles. The second-order valence-corrected chi connectivity index (χ2v) is 4.78. The summed E-state index contributed by atoms with van der Waals surface area (Å²) in [5.74, 6) is 0.799. The van der Waals surface area contributed by atoms with E-state index >= 15 is 0 Å². The number of hydrogen-bond donors (Lipinski definition) is 1. The van der Waals surface area contributed by atoms with Gasteiger partial charge in [-0.05, 0) is 58.2 Å². The van der Waals surface area contributed by atoms with E-state index in [9.17, 15) is 0 Å². The Kier molecular flexibility index (Phi) is 3.41. The van der Waals surface area contributed by atoms with Crippen molar-refractivity contribution in [2.75, 3.05) is 13.1 Å². The molecule has 1 fully saturated rings. The van der Waals surface area contributed by atoms with Crippen LogP contribution in [0.5, 0.6) is 0 Å². The molecule has 0 amide bonds. The molecule has 1 N–H and O–H groups in total. The van der Waals surface area contributed by atoms with Gasteiger partial charge in [0.2, 0.25) is 0 Å². The topological polar surface area (TPSA) is 29.9 Å². The zero-order valence-corrected chi connectivity index (χ0v) is 9.74. The quantitative estimate of drug-likeness (QED) is 0.821. The molecular weight excluding hydrogens is 186 g/mol. The number of nitrogens with zero attached hydrogens (tertiary/aromatic N) is 2. The summed E-state index contributed by atoms with van der Waals surface area (Å²) in [6.07, 6.45) is 5.77. The minimum absolute atomic E-state index is 0.478. The maximum absolute atomic E-state index is 4.38. The van der Waals surface area contributed by atoms with Gasteiger partial charge in [0.15, 0.2) is 0 Å². The fourth-order valence-electron chi connectivity index (χ4n) is 2.36. The van der Waals surface area contributed by atoms with E-state index in [1.165, 1.54) is 38.0 Å². The van der Waals surface area contributed by atoms with Crippen molar-refractivity contribution in [1.82, 2.24) is 15.1 Å². The third-order valence-electron chi connectivity index (χ3n) is 3.14. The molecule has 1 aromatic rings. The lowest BCUT2D eigenvalue weighted by atomic mass is 9.94. The smallest absolute Gasteiger partial charge is 0.0492 e. The Hall–Kier alpha value is -0.830. The Balaban J connectivity index is 1.99. The molecule has 3 heteroatoms. The second-order valence-electron chi connectivity index (χ2n) is 4.78. The summed E-state index contributed by atoms with van der Waals surface area (Å²) in [6, 6.07) is 2.64. The highest BCUT2D eigenvalue weighted by molar-refractivity contribution is 5.03. The van der Waals surface area contributed by atoms with Gasteiger partial charge in [-0.3, -0.25) is 4.68 Å². The average molecular weight is 207 g/mol. The van der Waals surface area contributed by atoms with Gasteiger partial charge < -0.3 is 5.32 Å². The molecule has 1 aromatic heterocycles. The Labute approximate surface area is 91.9 Å². The van der Waals surface area contributed by atoms with Gasteiger partial charge in [-0.25, -0.2) is 0 Å². The molecule has 0 saturated carbocycles. The zero-order valence-electron chi connectivity index (χ0n) is 9.74. The number of nitrogens with one attached hydrogen (secondary N) is 1. The molecule has 2 rings (SSSR count). The summed E-state index contributed by atoms with van der Waals surface area (Å²) in [7, 11) is 0. The number of hydrogen-bond acceptors (Lipinski definition) is 2. The molecule has 15 heavy (non-hydrogen) atoms. The van der Waals surface area contributed by atoms with Crippen LogP contribution >= 0.6 is 0 Å². The first kappa shape index (κ1) is 10.7. The highest BCUT2D eigenvalue weighted by Gasteiger charge is 2.16. The van der Waals surface area contributed by atoms with E-state index in [0.717, 1.165) is 5.92 Å². The van der Waals surface area contributed by atoms with Crippen molar-refractivity contribution in [3.05, 3.63) is 18.0 Å². The van der Waals surface area contributed by atoms with E-state index in [1.54, 1.807) is 0 Å². The summed E-state index contributed by atoms with van der Waals surface area (Å²) in [5, 5.41) is 7.84. The molecular formula is C12H21N3. The van der Waals surface area contributed by atoms with Crippen molar-refractivity contribution >= 4 is 0 Å². The molecule has 0 aromatic carbocycles. The van der Waals surface area contributed by atoms with E-state index in [1.807, 2.05) is 6.20 Å².